The first-order chi connectivity index (χ1) is 21.8. The smallest absolute Gasteiger partial charge is 0.0137 e. The van der Waals surface area contributed by atoms with Crippen LogP contribution in [0, 0.1) is 11.8 Å². The predicted molar refractivity (Wildman–Crippen MR) is 187 cm³/mol. The number of benzene rings is 5. The van der Waals surface area contributed by atoms with E-state index >= 15 is 0 Å². The van der Waals surface area contributed by atoms with E-state index in [1.807, 2.05) is 0 Å². The minimum atomic E-state index is 0.274. The zero-order chi connectivity index (χ0) is 29.0. The summed E-state index contributed by atoms with van der Waals surface area (Å²) in [7, 11) is 0. The second kappa shape index (κ2) is 10.4. The molecule has 0 heteroatoms. The lowest BCUT2D eigenvalue weighted by Gasteiger charge is -2.33. The third-order valence-corrected chi connectivity index (χ3v) is 10.2. The molecular weight excluding hydrogens is 528 g/mol. The Kier molecular flexibility index (Phi) is 6.01. The van der Waals surface area contributed by atoms with Crippen LogP contribution in [0.15, 0.2) is 134 Å². The van der Waals surface area contributed by atoms with Gasteiger partial charge in [0.1, 0.15) is 0 Å². The van der Waals surface area contributed by atoms with Gasteiger partial charge in [0.25, 0.3) is 0 Å². The van der Waals surface area contributed by atoms with Gasteiger partial charge in [0.15, 0.2) is 0 Å². The molecule has 0 spiro atoms. The van der Waals surface area contributed by atoms with E-state index in [4.69, 9.17) is 0 Å². The fourth-order valence-corrected chi connectivity index (χ4v) is 8.07. The van der Waals surface area contributed by atoms with E-state index in [0.29, 0.717) is 0 Å². The highest BCUT2D eigenvalue weighted by atomic mass is 14.3. The van der Waals surface area contributed by atoms with Gasteiger partial charge >= 0.3 is 0 Å². The molecule has 0 amide bonds. The molecule has 44 heavy (non-hydrogen) atoms. The van der Waals surface area contributed by atoms with E-state index in [9.17, 15) is 0 Å². The Morgan fingerprint density at radius 3 is 2.09 bits per heavy atom. The number of aryl methyl sites for hydroxylation is 2. The van der Waals surface area contributed by atoms with E-state index in [0.717, 1.165) is 25.7 Å². The van der Waals surface area contributed by atoms with Crippen molar-refractivity contribution >= 4 is 34.1 Å². The maximum Gasteiger partial charge on any atom is 0.0137 e. The first kappa shape index (κ1) is 25.5. The number of hydrogen-bond acceptors (Lipinski definition) is 0. The predicted octanol–water partition coefficient (Wildman–Crippen LogP) is 9.20. The highest BCUT2D eigenvalue weighted by Gasteiger charge is 2.32. The molecule has 5 aromatic carbocycles. The Balaban J connectivity index is 1.33. The maximum atomic E-state index is 2.47. The second-order valence-corrected chi connectivity index (χ2v) is 12.6. The minimum absolute atomic E-state index is 0.274. The minimum Gasteiger partial charge on any atom is -0.0836 e. The molecule has 0 saturated heterocycles. The fraction of sp³-hybridized carbons (Fsp3) is 0.136. The molecule has 0 saturated carbocycles. The topological polar surface area (TPSA) is 0 Å². The van der Waals surface area contributed by atoms with Crippen LogP contribution in [0.4, 0.5) is 0 Å². The molecule has 2 atom stereocenters. The third kappa shape index (κ3) is 4.13. The lowest BCUT2D eigenvalue weighted by atomic mass is 9.69. The largest absolute Gasteiger partial charge is 0.0836 e. The number of rotatable bonds is 3. The lowest BCUT2D eigenvalue weighted by Crippen LogP contribution is -2.40. The molecule has 0 N–H and O–H groups in total. The van der Waals surface area contributed by atoms with Crippen molar-refractivity contribution < 1.29 is 0 Å². The van der Waals surface area contributed by atoms with E-state index in [-0.39, 0.29) is 11.8 Å². The van der Waals surface area contributed by atoms with Gasteiger partial charge in [0.05, 0.1) is 0 Å². The van der Waals surface area contributed by atoms with Crippen molar-refractivity contribution in [1.29, 1.82) is 0 Å². The quantitative estimate of drug-likeness (QED) is 0.206. The van der Waals surface area contributed by atoms with Crippen LogP contribution >= 0.6 is 0 Å². The molecule has 0 bridgehead atoms. The van der Waals surface area contributed by atoms with E-state index in [2.05, 4.69) is 146 Å². The summed E-state index contributed by atoms with van der Waals surface area (Å²) < 4.78 is 0. The summed E-state index contributed by atoms with van der Waals surface area (Å²) >= 11 is 0. The highest BCUT2D eigenvalue weighted by Crippen LogP contribution is 2.41. The summed E-state index contributed by atoms with van der Waals surface area (Å²) in [6.45, 7) is 0. The maximum absolute atomic E-state index is 2.47. The van der Waals surface area contributed by atoms with Crippen LogP contribution in [0.25, 0.3) is 45.2 Å². The summed E-state index contributed by atoms with van der Waals surface area (Å²) in [5, 5.41) is 5.45. The molecule has 9 rings (SSSR count). The molecule has 0 fully saturated rings. The third-order valence-electron chi connectivity index (χ3n) is 10.2. The standard InChI is InChI=1S/C44H34/c1-2-12-31(13-3-1)43-39-16-8-9-17-40(39)44(36-23-24-38-35(27-36)21-19-30-11-6-7-15-37(30)38)41-25-22-34(28-42(41)43)33-20-18-29-10-4-5-14-32(29)26-33/h1-3,5-6,8-9,11-14,16-28,39-40H,4,7,10,15H2. The Morgan fingerprint density at radius 1 is 0.500 bits per heavy atom. The summed E-state index contributed by atoms with van der Waals surface area (Å²) in [4.78, 5) is 0. The summed E-state index contributed by atoms with van der Waals surface area (Å²) in [6, 6.07) is 37.2. The van der Waals surface area contributed by atoms with Gasteiger partial charge in [-0.15, -0.1) is 0 Å². The first-order valence-corrected chi connectivity index (χ1v) is 16.1. The average molecular weight is 563 g/mol. The second-order valence-electron chi connectivity index (χ2n) is 12.6. The molecule has 0 aliphatic heterocycles. The van der Waals surface area contributed by atoms with E-state index < -0.39 is 0 Å². The van der Waals surface area contributed by atoms with Crippen molar-refractivity contribution in [3.8, 4) is 11.1 Å². The lowest BCUT2D eigenvalue weighted by molar-refractivity contribution is 0.686. The van der Waals surface area contributed by atoms with E-state index in [1.54, 1.807) is 0 Å². The van der Waals surface area contributed by atoms with Crippen LogP contribution in [-0.4, -0.2) is 0 Å². The summed E-state index contributed by atoms with van der Waals surface area (Å²) in [5.41, 5.74) is 13.8. The monoisotopic (exact) mass is 562 g/mol. The van der Waals surface area contributed by atoms with Gasteiger partial charge in [0, 0.05) is 11.8 Å². The number of allylic oxidation sites excluding steroid dienone is 6. The normalized spacial score (nSPS) is 19.5. The van der Waals surface area contributed by atoms with Crippen LogP contribution in [0.5, 0.6) is 0 Å². The zero-order valence-corrected chi connectivity index (χ0v) is 24.8. The van der Waals surface area contributed by atoms with Crippen LogP contribution in [-0.2, 0) is 12.8 Å². The molecule has 2 unspecified atom stereocenters. The van der Waals surface area contributed by atoms with Crippen LogP contribution < -0.4 is 10.4 Å². The molecule has 0 radical (unpaired) electrons. The van der Waals surface area contributed by atoms with Gasteiger partial charge in [-0.05, 0) is 121 Å². The Labute approximate surface area is 259 Å². The van der Waals surface area contributed by atoms with Crippen molar-refractivity contribution in [3.05, 3.63) is 177 Å². The Morgan fingerprint density at radius 2 is 1.23 bits per heavy atom. The van der Waals surface area contributed by atoms with Crippen molar-refractivity contribution in [1.82, 2.24) is 0 Å². The molecule has 4 aliphatic carbocycles. The van der Waals surface area contributed by atoms with E-state index in [1.165, 1.54) is 76.9 Å². The average Bonchev–Trinajstić information content (AvgIpc) is 3.10. The van der Waals surface area contributed by atoms with Gasteiger partial charge in [-0.2, -0.15) is 0 Å². The van der Waals surface area contributed by atoms with Gasteiger partial charge < -0.3 is 0 Å². The fourth-order valence-electron chi connectivity index (χ4n) is 8.07. The number of hydrogen-bond donors (Lipinski definition) is 0. The molecule has 4 aliphatic rings. The van der Waals surface area contributed by atoms with Gasteiger partial charge in [-0.1, -0.05) is 127 Å². The number of fused-ring (bicyclic) bond motifs is 6. The first-order valence-electron chi connectivity index (χ1n) is 16.1. The molecular formula is C44H34. The van der Waals surface area contributed by atoms with Gasteiger partial charge in [-0.25, -0.2) is 0 Å². The molecule has 0 aromatic heterocycles. The Bertz CT molecular complexity index is 2220. The van der Waals surface area contributed by atoms with Gasteiger partial charge in [0.2, 0.25) is 0 Å². The van der Waals surface area contributed by atoms with Crippen LogP contribution in [0.3, 0.4) is 0 Å². The van der Waals surface area contributed by atoms with Crippen LogP contribution in [0.2, 0.25) is 0 Å². The molecule has 0 heterocycles. The Hall–Kier alpha value is -4.94. The van der Waals surface area contributed by atoms with Gasteiger partial charge in [-0.3, -0.25) is 0 Å². The van der Waals surface area contributed by atoms with Crippen LogP contribution in [0.1, 0.15) is 46.2 Å². The summed E-state index contributed by atoms with van der Waals surface area (Å²) in [6.07, 6.45) is 23.1. The molecule has 210 valence electrons. The zero-order valence-electron chi connectivity index (χ0n) is 24.8. The van der Waals surface area contributed by atoms with Crippen molar-refractivity contribution in [2.24, 2.45) is 11.8 Å². The van der Waals surface area contributed by atoms with Crippen molar-refractivity contribution in [2.45, 2.75) is 25.7 Å². The SMILES string of the molecule is C1=CC2C(c3ccc4c5c(ccc4c3)C=CCC5)=c3ccc(-c4ccc5c(c4)C=CCC5)cc3=C(c3ccccc3)C2C=C1. The highest BCUT2D eigenvalue weighted by molar-refractivity contribution is 5.93. The van der Waals surface area contributed by atoms with Crippen molar-refractivity contribution in [2.75, 3.05) is 0 Å². The summed E-state index contributed by atoms with van der Waals surface area (Å²) in [5.74, 6) is 0.552. The van der Waals surface area contributed by atoms with Crippen molar-refractivity contribution in [3.63, 3.8) is 0 Å². The molecule has 0 nitrogen and oxygen atoms in total. The molecule has 5 aromatic rings.